The van der Waals surface area contributed by atoms with Crippen molar-refractivity contribution in [1.29, 1.82) is 0 Å². The van der Waals surface area contributed by atoms with Crippen molar-refractivity contribution in [2.75, 3.05) is 27.2 Å². The summed E-state index contributed by atoms with van der Waals surface area (Å²) in [6, 6.07) is 0. The molecule has 0 bridgehead atoms. The van der Waals surface area contributed by atoms with Crippen LogP contribution in [0.25, 0.3) is 0 Å². The van der Waals surface area contributed by atoms with E-state index in [1.54, 1.807) is 32.8 Å². The van der Waals surface area contributed by atoms with Crippen molar-refractivity contribution >= 4 is 23.7 Å². The molecule has 8 atom stereocenters. The zero-order valence-electron chi connectivity index (χ0n) is 24.9. The van der Waals surface area contributed by atoms with Crippen LogP contribution in [0.4, 0.5) is 0 Å². The summed E-state index contributed by atoms with van der Waals surface area (Å²) < 4.78 is 23.3. The van der Waals surface area contributed by atoms with Gasteiger partial charge in [-0.05, 0) is 46.2 Å². The third kappa shape index (κ3) is 5.10. The zero-order chi connectivity index (χ0) is 30.5. The summed E-state index contributed by atoms with van der Waals surface area (Å²) in [6.45, 7) is 13.1. The van der Waals surface area contributed by atoms with E-state index in [1.807, 2.05) is 13.8 Å². The first-order valence-electron chi connectivity index (χ1n) is 13.7. The van der Waals surface area contributed by atoms with Crippen LogP contribution in [-0.2, 0) is 38.1 Å². The van der Waals surface area contributed by atoms with Crippen molar-refractivity contribution in [2.24, 2.45) is 16.7 Å². The van der Waals surface area contributed by atoms with Crippen molar-refractivity contribution < 1.29 is 48.3 Å². The Morgan fingerprint density at radius 2 is 1.75 bits per heavy atom. The molecule has 3 rings (SSSR count). The topological polar surface area (TPSA) is 149 Å². The lowest BCUT2D eigenvalue weighted by Gasteiger charge is -2.71. The molecule has 40 heavy (non-hydrogen) atoms. The lowest BCUT2D eigenvalue weighted by Crippen LogP contribution is -2.87. The lowest BCUT2D eigenvalue weighted by atomic mass is 9.39. The maximum atomic E-state index is 14.0. The number of esters is 3. The molecule has 1 aliphatic heterocycles. The van der Waals surface area contributed by atoms with E-state index in [0.29, 0.717) is 13.0 Å². The number of hydrogen-bond acceptors (Lipinski definition) is 11. The Hall–Kier alpha value is -2.34. The van der Waals surface area contributed by atoms with Crippen LogP contribution in [0.15, 0.2) is 12.7 Å². The van der Waals surface area contributed by atoms with Crippen LogP contribution in [0, 0.1) is 16.7 Å². The molecular weight excluding hydrogens is 522 g/mol. The van der Waals surface area contributed by atoms with Crippen molar-refractivity contribution in [3.63, 3.8) is 0 Å². The average molecular weight is 568 g/mol. The third-order valence-corrected chi connectivity index (χ3v) is 9.38. The van der Waals surface area contributed by atoms with Crippen LogP contribution < -0.4 is 0 Å². The molecule has 11 heteroatoms. The minimum Gasteiger partial charge on any atom is -0.455 e. The standard InChI is InChI=1S/C29H45NO10/c1-10-26(5)15-19(33)29(36)27(6)18(32)11-13-25(3,4)23(27)22(24(38-17(2)31)28(29,7)40-26)39-21(35)16-37-20(34)12-14-30(8)9/h10,18,22-24,32,36H,1,11-16H2,2-9H3/t18-,22-,23-,24-,26-,27-,28+,29-/m0/s1. The van der Waals surface area contributed by atoms with Crippen LogP contribution in [-0.4, -0.2) is 101 Å². The van der Waals surface area contributed by atoms with Gasteiger partial charge in [0.25, 0.3) is 0 Å². The van der Waals surface area contributed by atoms with E-state index in [1.165, 1.54) is 19.9 Å². The highest BCUT2D eigenvalue weighted by molar-refractivity contribution is 5.92. The van der Waals surface area contributed by atoms with Crippen LogP contribution in [0.1, 0.15) is 67.2 Å². The van der Waals surface area contributed by atoms with Crippen LogP contribution in [0.3, 0.4) is 0 Å². The summed E-state index contributed by atoms with van der Waals surface area (Å²) in [5.74, 6) is -3.69. The van der Waals surface area contributed by atoms with E-state index < -0.39 is 82.2 Å². The number of ether oxygens (including phenoxy) is 4. The maximum absolute atomic E-state index is 14.0. The van der Waals surface area contributed by atoms with Crippen LogP contribution in [0.2, 0.25) is 0 Å². The van der Waals surface area contributed by atoms with E-state index in [0.717, 1.165) is 0 Å². The molecule has 0 aromatic carbocycles. The van der Waals surface area contributed by atoms with E-state index in [9.17, 15) is 29.4 Å². The number of aliphatic hydroxyl groups is 2. The Labute approximate surface area is 236 Å². The second-order valence-electron chi connectivity index (χ2n) is 13.0. The molecule has 3 fully saturated rings. The first kappa shape index (κ1) is 32.2. The maximum Gasteiger partial charge on any atom is 0.344 e. The number of rotatable bonds is 8. The molecule has 0 spiro atoms. The summed E-state index contributed by atoms with van der Waals surface area (Å²) in [5, 5.41) is 24.1. The van der Waals surface area contributed by atoms with Gasteiger partial charge in [-0.1, -0.05) is 26.8 Å². The summed E-state index contributed by atoms with van der Waals surface area (Å²) in [6.07, 6.45) is -1.87. The van der Waals surface area contributed by atoms with Gasteiger partial charge in [-0.3, -0.25) is 14.4 Å². The molecule has 0 aromatic rings. The van der Waals surface area contributed by atoms with Gasteiger partial charge in [0, 0.05) is 31.2 Å². The number of fused-ring (bicyclic) bond motifs is 3. The van der Waals surface area contributed by atoms with Crippen molar-refractivity contribution in [1.82, 2.24) is 4.90 Å². The molecule has 226 valence electrons. The molecule has 0 aromatic heterocycles. The first-order valence-corrected chi connectivity index (χ1v) is 13.7. The fourth-order valence-corrected chi connectivity index (χ4v) is 7.45. The monoisotopic (exact) mass is 567 g/mol. The lowest BCUT2D eigenvalue weighted by molar-refractivity contribution is -0.371. The number of Topliss-reactive ketones (excluding diaryl/α,β-unsaturated/α-hetero) is 1. The Bertz CT molecular complexity index is 1060. The van der Waals surface area contributed by atoms with Gasteiger partial charge in [-0.25, -0.2) is 4.79 Å². The molecular formula is C29H45NO10. The highest BCUT2D eigenvalue weighted by Crippen LogP contribution is 2.67. The Balaban J connectivity index is 2.14. The molecule has 2 aliphatic carbocycles. The second-order valence-corrected chi connectivity index (χ2v) is 13.0. The Kier molecular flexibility index (Phi) is 8.70. The fourth-order valence-electron chi connectivity index (χ4n) is 7.45. The summed E-state index contributed by atoms with van der Waals surface area (Å²) in [7, 11) is 3.60. The largest absolute Gasteiger partial charge is 0.455 e. The van der Waals surface area contributed by atoms with Crippen molar-refractivity contribution in [2.45, 2.75) is 102 Å². The number of carbonyl (C=O) groups is 4. The predicted molar refractivity (Wildman–Crippen MR) is 143 cm³/mol. The minimum absolute atomic E-state index is 0.0703. The van der Waals surface area contributed by atoms with Gasteiger partial charge in [0.05, 0.1) is 18.1 Å². The Morgan fingerprint density at radius 3 is 2.30 bits per heavy atom. The van der Waals surface area contributed by atoms with Crippen molar-refractivity contribution in [3.8, 4) is 0 Å². The Morgan fingerprint density at radius 1 is 1.12 bits per heavy atom. The molecule has 0 unspecified atom stereocenters. The molecule has 0 amide bonds. The smallest absolute Gasteiger partial charge is 0.344 e. The molecule has 2 N–H and O–H groups in total. The number of ketones is 1. The second kappa shape index (κ2) is 10.8. The van der Waals surface area contributed by atoms with Gasteiger partial charge in [-0.15, -0.1) is 6.58 Å². The number of carbonyl (C=O) groups excluding carboxylic acids is 4. The highest BCUT2D eigenvalue weighted by atomic mass is 16.6. The van der Waals surface area contributed by atoms with E-state index >= 15 is 0 Å². The SMILES string of the molecule is C=C[C@@]1(C)CC(=O)[C@]2(O)[C@@]3(C)[C@@H](O)CCC(C)(C)[C@@H]3[C@H](OC(=O)COC(=O)CCN(C)C)[C@H](OC(C)=O)[C@@]2(C)O1. The fraction of sp³-hybridized carbons (Fsp3) is 0.793. The molecule has 3 aliphatic rings. The highest BCUT2D eigenvalue weighted by Gasteiger charge is 2.82. The quantitative estimate of drug-likeness (QED) is 0.250. The summed E-state index contributed by atoms with van der Waals surface area (Å²) >= 11 is 0. The van der Waals surface area contributed by atoms with E-state index in [-0.39, 0.29) is 19.3 Å². The number of nitrogens with zero attached hydrogens (tertiary/aromatic N) is 1. The molecule has 11 nitrogen and oxygen atoms in total. The first-order chi connectivity index (χ1) is 18.3. The van der Waals surface area contributed by atoms with E-state index in [4.69, 9.17) is 18.9 Å². The normalized spacial score (nSPS) is 40.4. The number of aliphatic hydroxyl groups excluding tert-OH is 1. The summed E-state index contributed by atoms with van der Waals surface area (Å²) in [5.41, 5.74) is -7.80. The average Bonchev–Trinajstić information content (AvgIpc) is 2.84. The van der Waals surface area contributed by atoms with Gasteiger partial charge < -0.3 is 34.1 Å². The number of hydrogen-bond donors (Lipinski definition) is 2. The van der Waals surface area contributed by atoms with Gasteiger partial charge in [0.15, 0.2) is 24.1 Å². The van der Waals surface area contributed by atoms with Crippen molar-refractivity contribution in [3.05, 3.63) is 12.7 Å². The summed E-state index contributed by atoms with van der Waals surface area (Å²) in [4.78, 5) is 53.5. The third-order valence-electron chi connectivity index (χ3n) is 9.38. The van der Waals surface area contributed by atoms with Crippen LogP contribution in [0.5, 0.6) is 0 Å². The molecule has 1 saturated heterocycles. The van der Waals surface area contributed by atoms with Gasteiger partial charge in [0.2, 0.25) is 0 Å². The van der Waals surface area contributed by atoms with Crippen LogP contribution >= 0.6 is 0 Å². The van der Waals surface area contributed by atoms with Gasteiger partial charge in [0.1, 0.15) is 11.7 Å². The molecule has 1 heterocycles. The zero-order valence-corrected chi connectivity index (χ0v) is 24.9. The van der Waals surface area contributed by atoms with Gasteiger partial charge >= 0.3 is 17.9 Å². The molecule has 0 radical (unpaired) electrons. The predicted octanol–water partition coefficient (Wildman–Crippen LogP) is 1.57. The minimum atomic E-state index is -2.33. The molecule has 2 saturated carbocycles. The van der Waals surface area contributed by atoms with Gasteiger partial charge in [-0.2, -0.15) is 0 Å². The van der Waals surface area contributed by atoms with E-state index in [2.05, 4.69) is 6.58 Å².